The van der Waals surface area contributed by atoms with Gasteiger partial charge in [0.25, 0.3) is 0 Å². The van der Waals surface area contributed by atoms with Crippen molar-refractivity contribution in [1.29, 1.82) is 0 Å². The molecule has 2 rings (SSSR count). The third-order valence-electron chi connectivity index (χ3n) is 4.35. The van der Waals surface area contributed by atoms with Crippen LogP contribution in [0.15, 0.2) is 29.3 Å². The third-order valence-corrected chi connectivity index (χ3v) is 4.35. The van der Waals surface area contributed by atoms with E-state index >= 15 is 0 Å². The van der Waals surface area contributed by atoms with Crippen molar-refractivity contribution in [2.45, 2.75) is 63.8 Å². The second kappa shape index (κ2) is 11.0. The lowest BCUT2D eigenvalue weighted by atomic mass is 9.98. The highest BCUT2D eigenvalue weighted by molar-refractivity contribution is 5.92. The van der Waals surface area contributed by atoms with Gasteiger partial charge >= 0.3 is 6.36 Å². The Morgan fingerprint density at radius 3 is 2.44 bits per heavy atom. The molecule has 0 aliphatic heterocycles. The van der Waals surface area contributed by atoms with E-state index in [2.05, 4.69) is 15.0 Å². The molecule has 1 aromatic rings. The summed E-state index contributed by atoms with van der Waals surface area (Å²) in [5, 5.41) is 2.84. The van der Waals surface area contributed by atoms with Gasteiger partial charge in [-0.2, -0.15) is 0 Å². The van der Waals surface area contributed by atoms with Gasteiger partial charge in [-0.25, -0.2) is 0 Å². The molecule has 1 aromatic carbocycles. The number of anilines is 1. The maximum absolute atomic E-state index is 12.1. The molecule has 0 heterocycles. The molecule has 1 aliphatic carbocycles. The summed E-state index contributed by atoms with van der Waals surface area (Å²) in [6, 6.07) is 5.34. The van der Waals surface area contributed by atoms with Crippen molar-refractivity contribution in [1.82, 2.24) is 0 Å². The highest BCUT2D eigenvalue weighted by atomic mass is 19.4. The summed E-state index contributed by atoms with van der Waals surface area (Å²) in [7, 11) is 0. The molecular weight excluding hydrogens is 359 g/mol. The Morgan fingerprint density at radius 1 is 1.07 bits per heavy atom. The molecule has 0 unspecified atom stereocenters. The number of benzene rings is 1. The topological polar surface area (TPSA) is 68.9 Å². The molecule has 8 heteroatoms. The Hall–Kier alpha value is -1.96. The molecule has 27 heavy (non-hydrogen) atoms. The third kappa shape index (κ3) is 9.51. The van der Waals surface area contributed by atoms with Crippen LogP contribution in [0.2, 0.25) is 0 Å². The second-order valence-electron chi connectivity index (χ2n) is 6.66. The van der Waals surface area contributed by atoms with Crippen LogP contribution in [0.1, 0.15) is 51.4 Å². The first-order valence-corrected chi connectivity index (χ1v) is 9.47. The summed E-state index contributed by atoms with van der Waals surface area (Å²) in [5.74, 6) is -0.0445. The average molecular weight is 387 g/mol. The van der Waals surface area contributed by atoms with Gasteiger partial charge in [0.15, 0.2) is 5.96 Å². The number of aliphatic imine (C=N–C) groups is 1. The van der Waals surface area contributed by atoms with Crippen molar-refractivity contribution >= 4 is 11.6 Å². The maximum atomic E-state index is 12.1. The van der Waals surface area contributed by atoms with Crippen molar-refractivity contribution in [3.63, 3.8) is 0 Å². The molecule has 3 N–H and O–H groups in total. The number of nitrogens with one attached hydrogen (secondary N) is 1. The van der Waals surface area contributed by atoms with E-state index in [0.717, 1.165) is 25.9 Å². The zero-order valence-corrected chi connectivity index (χ0v) is 15.4. The van der Waals surface area contributed by atoms with Crippen LogP contribution < -0.4 is 15.8 Å². The summed E-state index contributed by atoms with van der Waals surface area (Å²) in [4.78, 5) is 4.22. The maximum Gasteiger partial charge on any atom is 0.573 e. The smallest absolute Gasteiger partial charge is 0.406 e. The van der Waals surface area contributed by atoms with Gasteiger partial charge in [-0.3, -0.25) is 4.99 Å². The summed E-state index contributed by atoms with van der Waals surface area (Å²) in [6.45, 7) is 1.39. The minimum atomic E-state index is -4.70. The summed E-state index contributed by atoms with van der Waals surface area (Å²) in [5.41, 5.74) is 6.33. The number of ether oxygens (including phenoxy) is 2. The molecule has 0 saturated heterocycles. The molecule has 1 fully saturated rings. The quantitative estimate of drug-likeness (QED) is 0.362. The second-order valence-corrected chi connectivity index (χ2v) is 6.66. The number of guanidine groups is 1. The van der Waals surface area contributed by atoms with E-state index in [1.165, 1.54) is 56.4 Å². The molecule has 0 radical (unpaired) electrons. The Labute approximate surface area is 158 Å². The van der Waals surface area contributed by atoms with Crippen LogP contribution in [0.5, 0.6) is 5.75 Å². The van der Waals surface area contributed by atoms with E-state index in [1.54, 1.807) is 0 Å². The van der Waals surface area contributed by atoms with E-state index < -0.39 is 6.36 Å². The summed E-state index contributed by atoms with van der Waals surface area (Å²) < 4.78 is 46.0. The van der Waals surface area contributed by atoms with E-state index in [4.69, 9.17) is 10.5 Å². The standard InChI is InChI=1S/C19H28F3N3O2/c20-19(21,22)27-17-11-9-15(10-12-17)25-18(23)24-13-5-2-6-14-26-16-7-3-1-4-8-16/h9-12,16H,1-8,13-14H2,(H3,23,24,25). The molecule has 0 amide bonds. The lowest BCUT2D eigenvalue weighted by Gasteiger charge is -2.21. The average Bonchev–Trinajstić information content (AvgIpc) is 2.62. The number of halogens is 3. The highest BCUT2D eigenvalue weighted by Crippen LogP contribution is 2.24. The van der Waals surface area contributed by atoms with Gasteiger partial charge in [-0.05, 0) is 56.4 Å². The monoisotopic (exact) mass is 387 g/mol. The van der Waals surface area contributed by atoms with Crippen LogP contribution >= 0.6 is 0 Å². The predicted molar refractivity (Wildman–Crippen MR) is 99.9 cm³/mol. The van der Waals surface area contributed by atoms with Crippen LogP contribution in [0, 0.1) is 0 Å². The van der Waals surface area contributed by atoms with Gasteiger partial charge in [0.05, 0.1) is 6.10 Å². The van der Waals surface area contributed by atoms with Gasteiger partial charge < -0.3 is 20.5 Å². The number of rotatable bonds is 9. The molecule has 152 valence electrons. The van der Waals surface area contributed by atoms with E-state index in [-0.39, 0.29) is 11.7 Å². The molecule has 5 nitrogen and oxygen atoms in total. The number of unbranched alkanes of at least 4 members (excludes halogenated alkanes) is 2. The SMILES string of the molecule is NC(=NCCCCCOC1CCCCC1)Nc1ccc(OC(F)(F)F)cc1. The van der Waals surface area contributed by atoms with Crippen LogP contribution in [0.3, 0.4) is 0 Å². The lowest BCUT2D eigenvalue weighted by molar-refractivity contribution is -0.274. The number of hydrogen-bond donors (Lipinski definition) is 2. The van der Waals surface area contributed by atoms with Crippen LogP contribution in [-0.2, 0) is 4.74 Å². The van der Waals surface area contributed by atoms with Crippen LogP contribution in [0.4, 0.5) is 18.9 Å². The van der Waals surface area contributed by atoms with Crippen LogP contribution in [0.25, 0.3) is 0 Å². The number of alkyl halides is 3. The fourth-order valence-electron chi connectivity index (χ4n) is 3.00. The molecule has 0 bridgehead atoms. The molecular formula is C19H28F3N3O2. The van der Waals surface area contributed by atoms with Crippen LogP contribution in [-0.4, -0.2) is 31.6 Å². The Balaban J connectivity index is 1.57. The highest BCUT2D eigenvalue weighted by Gasteiger charge is 2.30. The van der Waals surface area contributed by atoms with Crippen molar-refractivity contribution in [2.24, 2.45) is 10.7 Å². The van der Waals surface area contributed by atoms with E-state index in [1.807, 2.05) is 0 Å². The van der Waals surface area contributed by atoms with Gasteiger partial charge in [0.1, 0.15) is 5.75 Å². The normalized spacial score (nSPS) is 16.3. The molecule has 0 aromatic heterocycles. The van der Waals surface area contributed by atoms with Crippen molar-refractivity contribution < 1.29 is 22.6 Å². The Bertz CT molecular complexity index is 571. The predicted octanol–water partition coefficient (Wildman–Crippen LogP) is 4.83. The van der Waals surface area contributed by atoms with Gasteiger partial charge in [-0.15, -0.1) is 13.2 Å². The molecule has 0 atom stereocenters. The first-order chi connectivity index (χ1) is 12.9. The molecule has 1 saturated carbocycles. The number of hydrogen-bond acceptors (Lipinski definition) is 3. The Kier molecular flexibility index (Phi) is 8.71. The fraction of sp³-hybridized carbons (Fsp3) is 0.632. The van der Waals surface area contributed by atoms with Crippen molar-refractivity contribution in [2.75, 3.05) is 18.5 Å². The van der Waals surface area contributed by atoms with Gasteiger partial charge in [0.2, 0.25) is 0 Å². The first kappa shape index (κ1) is 21.3. The number of nitrogens with zero attached hydrogens (tertiary/aromatic N) is 1. The molecule has 0 spiro atoms. The molecule has 1 aliphatic rings. The largest absolute Gasteiger partial charge is 0.573 e. The summed E-state index contributed by atoms with van der Waals surface area (Å²) >= 11 is 0. The van der Waals surface area contributed by atoms with E-state index in [9.17, 15) is 13.2 Å². The lowest BCUT2D eigenvalue weighted by Crippen LogP contribution is -2.23. The zero-order valence-electron chi connectivity index (χ0n) is 15.4. The van der Waals surface area contributed by atoms with Crippen molar-refractivity contribution in [3.05, 3.63) is 24.3 Å². The van der Waals surface area contributed by atoms with E-state index in [0.29, 0.717) is 18.3 Å². The fourth-order valence-corrected chi connectivity index (χ4v) is 3.00. The minimum absolute atomic E-state index is 0.234. The van der Waals surface area contributed by atoms with Gasteiger partial charge in [-0.1, -0.05) is 19.3 Å². The first-order valence-electron chi connectivity index (χ1n) is 9.47. The van der Waals surface area contributed by atoms with Crippen molar-refractivity contribution in [3.8, 4) is 5.75 Å². The van der Waals surface area contributed by atoms with Gasteiger partial charge in [0, 0.05) is 18.8 Å². The summed E-state index contributed by atoms with van der Waals surface area (Å²) in [6.07, 6.45) is 4.97. The Morgan fingerprint density at radius 2 is 1.78 bits per heavy atom. The minimum Gasteiger partial charge on any atom is -0.406 e. The number of nitrogens with two attached hydrogens (primary N) is 1. The zero-order chi connectivity index (χ0) is 19.5.